The van der Waals surface area contributed by atoms with Crippen LogP contribution in [-0.4, -0.2) is 17.0 Å². The standard InChI is InChI=1S/C21H41NO.C3H4O2/c1-3-4-5-6-7-8-9-10-11-12-13-14-15-16-17-18-19-20(2)21(22)23;1-2-3(4)5/h2-19H2,1H3,(H2,22,23);2H,1H2,(H,4,5). The highest BCUT2D eigenvalue weighted by atomic mass is 16.4. The maximum absolute atomic E-state index is 10.8. The minimum atomic E-state index is -0.981. The molecule has 0 saturated carbocycles. The second-order valence-electron chi connectivity index (χ2n) is 7.56. The normalized spacial score (nSPS) is 10.0. The molecule has 3 N–H and O–H groups in total. The molecular weight excluding hydrogens is 350 g/mol. The quantitative estimate of drug-likeness (QED) is 0.184. The van der Waals surface area contributed by atoms with Crippen LogP contribution in [0, 0.1) is 0 Å². The zero-order chi connectivity index (χ0) is 21.5. The van der Waals surface area contributed by atoms with Crippen molar-refractivity contribution in [3.63, 3.8) is 0 Å². The number of carboxylic acids is 1. The lowest BCUT2D eigenvalue weighted by Crippen LogP contribution is -2.12. The Balaban J connectivity index is 0. The van der Waals surface area contributed by atoms with Gasteiger partial charge >= 0.3 is 5.97 Å². The van der Waals surface area contributed by atoms with Crippen molar-refractivity contribution in [2.24, 2.45) is 5.73 Å². The Bertz CT molecular complexity index is 405. The number of hydrogen-bond acceptors (Lipinski definition) is 2. The molecule has 0 bridgehead atoms. The lowest BCUT2D eigenvalue weighted by molar-refractivity contribution is -0.131. The summed E-state index contributed by atoms with van der Waals surface area (Å²) in [4.78, 5) is 20.1. The number of nitrogens with two attached hydrogens (primary N) is 1. The van der Waals surface area contributed by atoms with Crippen LogP contribution in [-0.2, 0) is 9.59 Å². The van der Waals surface area contributed by atoms with E-state index in [0.717, 1.165) is 18.9 Å². The average molecular weight is 396 g/mol. The van der Waals surface area contributed by atoms with E-state index in [1.165, 1.54) is 96.3 Å². The number of carbonyl (C=O) groups is 2. The van der Waals surface area contributed by atoms with Crippen LogP contribution in [0.15, 0.2) is 24.8 Å². The molecule has 0 fully saturated rings. The van der Waals surface area contributed by atoms with Gasteiger partial charge in [0.25, 0.3) is 0 Å². The van der Waals surface area contributed by atoms with E-state index in [-0.39, 0.29) is 5.91 Å². The Morgan fingerprint density at radius 3 is 1.29 bits per heavy atom. The summed E-state index contributed by atoms with van der Waals surface area (Å²) in [5.74, 6) is -1.32. The molecule has 0 aromatic heterocycles. The summed E-state index contributed by atoms with van der Waals surface area (Å²) in [6.07, 6.45) is 23.5. The van der Waals surface area contributed by atoms with Gasteiger partial charge in [-0.25, -0.2) is 4.79 Å². The molecule has 0 spiro atoms. The van der Waals surface area contributed by atoms with Crippen LogP contribution in [0.5, 0.6) is 0 Å². The van der Waals surface area contributed by atoms with E-state index >= 15 is 0 Å². The largest absolute Gasteiger partial charge is 0.478 e. The molecule has 164 valence electrons. The highest BCUT2D eigenvalue weighted by molar-refractivity contribution is 5.91. The van der Waals surface area contributed by atoms with Gasteiger partial charge in [0.15, 0.2) is 0 Å². The van der Waals surface area contributed by atoms with Crippen molar-refractivity contribution >= 4 is 11.9 Å². The van der Waals surface area contributed by atoms with Crippen molar-refractivity contribution in [2.75, 3.05) is 0 Å². The minimum Gasteiger partial charge on any atom is -0.478 e. The molecular formula is C24H45NO3. The fourth-order valence-corrected chi connectivity index (χ4v) is 3.01. The zero-order valence-electron chi connectivity index (χ0n) is 18.4. The summed E-state index contributed by atoms with van der Waals surface area (Å²) in [5, 5.41) is 7.60. The molecule has 0 aromatic carbocycles. The summed E-state index contributed by atoms with van der Waals surface area (Å²) in [5.41, 5.74) is 5.74. The van der Waals surface area contributed by atoms with Crippen LogP contribution in [0.3, 0.4) is 0 Å². The van der Waals surface area contributed by atoms with E-state index in [1.54, 1.807) is 0 Å². The fraction of sp³-hybridized carbons (Fsp3) is 0.750. The van der Waals surface area contributed by atoms with Gasteiger partial charge < -0.3 is 10.8 Å². The van der Waals surface area contributed by atoms with E-state index in [4.69, 9.17) is 10.8 Å². The van der Waals surface area contributed by atoms with E-state index in [1.807, 2.05) is 0 Å². The smallest absolute Gasteiger partial charge is 0.327 e. The molecule has 0 aliphatic rings. The van der Waals surface area contributed by atoms with Gasteiger partial charge in [-0.15, -0.1) is 0 Å². The van der Waals surface area contributed by atoms with Crippen LogP contribution in [0.2, 0.25) is 0 Å². The van der Waals surface area contributed by atoms with Crippen molar-refractivity contribution in [1.29, 1.82) is 0 Å². The van der Waals surface area contributed by atoms with Gasteiger partial charge in [-0.3, -0.25) is 4.79 Å². The zero-order valence-corrected chi connectivity index (χ0v) is 18.4. The fourth-order valence-electron chi connectivity index (χ4n) is 3.01. The summed E-state index contributed by atoms with van der Waals surface area (Å²) in [7, 11) is 0. The summed E-state index contributed by atoms with van der Waals surface area (Å²) in [6, 6.07) is 0. The number of carboxylic acid groups (broad SMARTS) is 1. The highest BCUT2D eigenvalue weighted by Crippen LogP contribution is 2.14. The predicted molar refractivity (Wildman–Crippen MR) is 120 cm³/mol. The molecule has 0 saturated heterocycles. The Labute approximate surface area is 173 Å². The Morgan fingerprint density at radius 1 is 0.750 bits per heavy atom. The number of rotatable bonds is 19. The topological polar surface area (TPSA) is 80.4 Å². The molecule has 0 radical (unpaired) electrons. The van der Waals surface area contributed by atoms with E-state index in [0.29, 0.717) is 5.57 Å². The van der Waals surface area contributed by atoms with Crippen molar-refractivity contribution in [3.8, 4) is 0 Å². The van der Waals surface area contributed by atoms with Gasteiger partial charge in [0.05, 0.1) is 0 Å². The third-order valence-electron chi connectivity index (χ3n) is 4.86. The van der Waals surface area contributed by atoms with Crippen LogP contribution in [0.1, 0.15) is 116 Å². The lowest BCUT2D eigenvalue weighted by atomic mass is 10.0. The maximum atomic E-state index is 10.8. The number of unbranched alkanes of at least 4 members (excludes halogenated alkanes) is 15. The summed E-state index contributed by atoms with van der Waals surface area (Å²) >= 11 is 0. The van der Waals surface area contributed by atoms with Crippen LogP contribution < -0.4 is 5.73 Å². The van der Waals surface area contributed by atoms with Gasteiger partial charge in [-0.2, -0.15) is 0 Å². The van der Waals surface area contributed by atoms with Crippen LogP contribution in [0.25, 0.3) is 0 Å². The van der Waals surface area contributed by atoms with Gasteiger partial charge in [0.1, 0.15) is 0 Å². The second-order valence-corrected chi connectivity index (χ2v) is 7.56. The van der Waals surface area contributed by atoms with Crippen molar-refractivity contribution in [2.45, 2.75) is 116 Å². The number of carbonyl (C=O) groups excluding carboxylic acids is 1. The monoisotopic (exact) mass is 395 g/mol. The number of primary amides is 1. The Hall–Kier alpha value is -1.58. The third kappa shape index (κ3) is 26.6. The van der Waals surface area contributed by atoms with Gasteiger partial charge in [0.2, 0.25) is 5.91 Å². The first-order valence-electron chi connectivity index (χ1n) is 11.3. The first-order valence-corrected chi connectivity index (χ1v) is 11.3. The Morgan fingerprint density at radius 2 is 1.04 bits per heavy atom. The molecule has 0 aliphatic heterocycles. The second kappa shape index (κ2) is 23.5. The first-order chi connectivity index (χ1) is 13.5. The molecule has 0 rings (SSSR count). The minimum absolute atomic E-state index is 0.342. The average Bonchev–Trinajstić information content (AvgIpc) is 2.67. The van der Waals surface area contributed by atoms with Crippen molar-refractivity contribution in [1.82, 2.24) is 0 Å². The van der Waals surface area contributed by atoms with Crippen LogP contribution in [0.4, 0.5) is 0 Å². The molecule has 1 amide bonds. The molecule has 4 nitrogen and oxygen atoms in total. The maximum Gasteiger partial charge on any atom is 0.327 e. The molecule has 4 heteroatoms. The highest BCUT2D eigenvalue weighted by Gasteiger charge is 2.00. The molecule has 0 heterocycles. The van der Waals surface area contributed by atoms with Crippen molar-refractivity contribution < 1.29 is 14.7 Å². The number of hydrogen-bond donors (Lipinski definition) is 2. The predicted octanol–water partition coefficient (Wildman–Crippen LogP) is 6.94. The number of aliphatic carboxylic acids is 1. The lowest BCUT2D eigenvalue weighted by Gasteiger charge is -2.04. The molecule has 0 atom stereocenters. The van der Waals surface area contributed by atoms with E-state index in [9.17, 15) is 9.59 Å². The van der Waals surface area contributed by atoms with E-state index in [2.05, 4.69) is 20.1 Å². The van der Waals surface area contributed by atoms with Crippen molar-refractivity contribution in [3.05, 3.63) is 24.8 Å². The molecule has 0 aliphatic carbocycles. The number of amides is 1. The first kappa shape index (κ1) is 28.6. The summed E-state index contributed by atoms with van der Waals surface area (Å²) < 4.78 is 0. The van der Waals surface area contributed by atoms with Gasteiger partial charge in [-0.05, 0) is 12.8 Å². The molecule has 0 aromatic rings. The summed E-state index contributed by atoms with van der Waals surface area (Å²) in [6.45, 7) is 8.93. The molecule has 28 heavy (non-hydrogen) atoms. The third-order valence-corrected chi connectivity index (χ3v) is 4.86. The SMILES string of the molecule is C=C(CCCCCCCCCCCCCCCCCC)C(N)=O.C=CC(=O)O. The molecule has 0 unspecified atom stereocenters. The Kier molecular flexibility index (Phi) is 24.0. The van der Waals surface area contributed by atoms with Gasteiger partial charge in [-0.1, -0.05) is 116 Å². The van der Waals surface area contributed by atoms with Gasteiger partial charge in [0, 0.05) is 11.6 Å². The van der Waals surface area contributed by atoms with E-state index < -0.39 is 5.97 Å². The van der Waals surface area contributed by atoms with Crippen LogP contribution >= 0.6 is 0 Å².